The topological polar surface area (TPSA) is 72.7 Å². The van der Waals surface area contributed by atoms with Crippen LogP contribution in [0.4, 0.5) is 9.52 Å². The third-order valence-electron chi connectivity index (χ3n) is 5.24. The Hall–Kier alpha value is -3.39. The van der Waals surface area contributed by atoms with E-state index in [4.69, 9.17) is 0 Å². The Morgan fingerprint density at radius 3 is 2.52 bits per heavy atom. The third-order valence-corrected chi connectivity index (χ3v) is 6.31. The highest BCUT2D eigenvalue weighted by Gasteiger charge is 2.19. The summed E-state index contributed by atoms with van der Waals surface area (Å²) in [7, 11) is 0. The quantitative estimate of drug-likeness (QED) is 0.482. The molecule has 0 aliphatic rings. The first kappa shape index (κ1) is 20.9. The minimum atomic E-state index is -0.352. The molecule has 158 valence electrons. The molecule has 0 bridgehead atoms. The second-order valence-corrected chi connectivity index (χ2v) is 8.57. The molecular weight excluding hydrogens is 413 g/mol. The number of halogens is 1. The number of rotatable bonds is 5. The average Bonchev–Trinajstić information content (AvgIpc) is 3.28. The predicted octanol–water partition coefficient (Wildman–Crippen LogP) is 4.94. The van der Waals surface area contributed by atoms with Gasteiger partial charge >= 0.3 is 0 Å². The lowest BCUT2D eigenvalue weighted by Crippen LogP contribution is -2.14. The van der Waals surface area contributed by atoms with E-state index in [1.54, 1.807) is 16.8 Å². The molecule has 6 nitrogen and oxygen atoms in total. The van der Waals surface area contributed by atoms with Gasteiger partial charge in [-0.3, -0.25) is 10.1 Å². The number of thiazole rings is 1. The van der Waals surface area contributed by atoms with E-state index >= 15 is 0 Å². The first-order chi connectivity index (χ1) is 14.8. The Labute approximate surface area is 183 Å². The highest BCUT2D eigenvalue weighted by molar-refractivity contribution is 7.15. The summed E-state index contributed by atoms with van der Waals surface area (Å²) in [6.45, 7) is 7.79. The molecule has 2 aromatic carbocycles. The van der Waals surface area contributed by atoms with Gasteiger partial charge in [0.1, 0.15) is 5.82 Å². The van der Waals surface area contributed by atoms with Crippen LogP contribution in [0.25, 0.3) is 5.69 Å². The number of aryl methyl sites for hydroxylation is 3. The van der Waals surface area contributed by atoms with Gasteiger partial charge < -0.3 is 0 Å². The fourth-order valence-corrected chi connectivity index (χ4v) is 4.22. The lowest BCUT2D eigenvalue weighted by molar-refractivity contribution is 0.102. The summed E-state index contributed by atoms with van der Waals surface area (Å²) in [5.74, 6) is -0.614. The Bertz CT molecular complexity index is 1260. The number of benzene rings is 2. The zero-order valence-corrected chi connectivity index (χ0v) is 18.5. The van der Waals surface area contributed by atoms with Crippen molar-refractivity contribution in [2.75, 3.05) is 5.32 Å². The van der Waals surface area contributed by atoms with Gasteiger partial charge in [-0.2, -0.15) is 0 Å². The molecule has 4 aromatic rings. The summed E-state index contributed by atoms with van der Waals surface area (Å²) < 4.78 is 14.8. The van der Waals surface area contributed by atoms with E-state index in [0.29, 0.717) is 17.2 Å². The van der Waals surface area contributed by atoms with Gasteiger partial charge in [0.15, 0.2) is 10.8 Å². The summed E-state index contributed by atoms with van der Waals surface area (Å²) in [5.41, 5.74) is 5.92. The Morgan fingerprint density at radius 2 is 1.81 bits per heavy atom. The third kappa shape index (κ3) is 4.39. The van der Waals surface area contributed by atoms with Crippen LogP contribution >= 0.6 is 11.3 Å². The number of amides is 1. The van der Waals surface area contributed by atoms with Crippen molar-refractivity contribution < 1.29 is 9.18 Å². The molecule has 0 saturated heterocycles. The Balaban J connectivity index is 1.52. The summed E-state index contributed by atoms with van der Waals surface area (Å²) >= 11 is 1.40. The number of carbonyl (C=O) groups excluding carboxylic acids is 1. The van der Waals surface area contributed by atoms with Crippen molar-refractivity contribution >= 4 is 22.4 Å². The van der Waals surface area contributed by atoms with Gasteiger partial charge in [0.05, 0.1) is 17.1 Å². The van der Waals surface area contributed by atoms with Crippen LogP contribution in [0.5, 0.6) is 0 Å². The van der Waals surface area contributed by atoms with E-state index < -0.39 is 0 Å². The molecule has 0 fully saturated rings. The first-order valence-electron chi connectivity index (χ1n) is 9.84. The molecule has 2 aromatic heterocycles. The molecule has 1 amide bonds. The van der Waals surface area contributed by atoms with Gasteiger partial charge in [-0.05, 0) is 68.7 Å². The maximum Gasteiger partial charge on any atom is 0.279 e. The summed E-state index contributed by atoms with van der Waals surface area (Å²) in [6, 6.07) is 12.4. The van der Waals surface area contributed by atoms with Gasteiger partial charge in [0, 0.05) is 11.3 Å². The van der Waals surface area contributed by atoms with Crippen LogP contribution in [-0.2, 0) is 6.42 Å². The summed E-state index contributed by atoms with van der Waals surface area (Å²) in [5, 5.41) is 11.6. The largest absolute Gasteiger partial charge is 0.296 e. The van der Waals surface area contributed by atoms with Crippen LogP contribution in [0.2, 0.25) is 0 Å². The molecule has 8 heteroatoms. The second-order valence-electron chi connectivity index (χ2n) is 7.49. The van der Waals surface area contributed by atoms with Crippen molar-refractivity contribution in [3.8, 4) is 5.69 Å². The van der Waals surface area contributed by atoms with Crippen LogP contribution in [-0.4, -0.2) is 25.9 Å². The van der Waals surface area contributed by atoms with E-state index in [1.807, 2.05) is 45.9 Å². The number of carbonyl (C=O) groups is 1. The molecule has 0 aliphatic heterocycles. The maximum atomic E-state index is 13.1. The van der Waals surface area contributed by atoms with Gasteiger partial charge in [-0.25, -0.2) is 14.1 Å². The number of aromatic nitrogens is 4. The monoisotopic (exact) mass is 435 g/mol. The molecule has 4 rings (SSSR count). The fourth-order valence-electron chi connectivity index (χ4n) is 3.23. The lowest BCUT2D eigenvalue weighted by Gasteiger charge is -2.06. The average molecular weight is 436 g/mol. The Kier molecular flexibility index (Phi) is 5.65. The summed E-state index contributed by atoms with van der Waals surface area (Å²) in [6.07, 6.45) is 0.627. The van der Waals surface area contributed by atoms with Crippen molar-refractivity contribution in [1.29, 1.82) is 0 Å². The van der Waals surface area contributed by atoms with Gasteiger partial charge in [-0.15, -0.1) is 16.4 Å². The SMILES string of the molecule is Cc1ccc(-n2nnc(C(=O)Nc3nc(C)c(Cc4ccc(F)cc4)s3)c2C)cc1C. The van der Waals surface area contributed by atoms with Gasteiger partial charge in [-0.1, -0.05) is 23.4 Å². The number of hydrogen-bond donors (Lipinski definition) is 1. The molecule has 0 radical (unpaired) electrons. The van der Waals surface area contributed by atoms with E-state index in [2.05, 4.69) is 20.6 Å². The van der Waals surface area contributed by atoms with Crippen LogP contribution in [0, 0.1) is 33.5 Å². The highest BCUT2D eigenvalue weighted by Crippen LogP contribution is 2.26. The molecule has 0 unspecified atom stereocenters. The molecular formula is C23H22FN5OS. The fraction of sp³-hybridized carbons (Fsp3) is 0.217. The van der Waals surface area contributed by atoms with Crippen molar-refractivity contribution in [2.45, 2.75) is 34.1 Å². The second kappa shape index (κ2) is 8.39. The molecule has 31 heavy (non-hydrogen) atoms. The zero-order chi connectivity index (χ0) is 22.1. The molecule has 1 N–H and O–H groups in total. The minimum absolute atomic E-state index is 0.256. The van der Waals surface area contributed by atoms with E-state index in [0.717, 1.165) is 27.4 Å². The number of hydrogen-bond acceptors (Lipinski definition) is 5. The van der Waals surface area contributed by atoms with Crippen LogP contribution in [0.15, 0.2) is 42.5 Å². The van der Waals surface area contributed by atoms with Crippen LogP contribution in [0.3, 0.4) is 0 Å². The van der Waals surface area contributed by atoms with E-state index in [1.165, 1.54) is 29.0 Å². The lowest BCUT2D eigenvalue weighted by atomic mass is 10.1. The molecule has 0 spiro atoms. The van der Waals surface area contributed by atoms with Crippen molar-refractivity contribution in [3.63, 3.8) is 0 Å². The molecule has 0 saturated carbocycles. The van der Waals surface area contributed by atoms with E-state index in [-0.39, 0.29) is 17.4 Å². The molecule has 0 atom stereocenters. The number of anilines is 1. The number of nitrogens with one attached hydrogen (secondary N) is 1. The standard InChI is InChI=1S/C23H22FN5OS/c1-13-5-10-19(11-14(13)2)29-16(4)21(27-28-29)22(30)26-23-25-15(3)20(31-23)12-17-6-8-18(24)9-7-17/h5-11H,12H2,1-4H3,(H,25,26,30). The summed E-state index contributed by atoms with van der Waals surface area (Å²) in [4.78, 5) is 18.3. The van der Waals surface area contributed by atoms with Gasteiger partial charge in [0.2, 0.25) is 0 Å². The molecule has 0 aliphatic carbocycles. The van der Waals surface area contributed by atoms with Crippen LogP contribution < -0.4 is 5.32 Å². The zero-order valence-electron chi connectivity index (χ0n) is 17.7. The Morgan fingerprint density at radius 1 is 1.06 bits per heavy atom. The predicted molar refractivity (Wildman–Crippen MR) is 120 cm³/mol. The maximum absolute atomic E-state index is 13.1. The van der Waals surface area contributed by atoms with E-state index in [9.17, 15) is 9.18 Å². The van der Waals surface area contributed by atoms with Gasteiger partial charge in [0.25, 0.3) is 5.91 Å². The van der Waals surface area contributed by atoms with Crippen molar-refractivity contribution in [3.05, 3.63) is 86.9 Å². The smallest absolute Gasteiger partial charge is 0.279 e. The first-order valence-corrected chi connectivity index (χ1v) is 10.7. The highest BCUT2D eigenvalue weighted by atomic mass is 32.1. The van der Waals surface area contributed by atoms with Crippen LogP contribution in [0.1, 0.15) is 43.4 Å². The van der Waals surface area contributed by atoms with Crippen molar-refractivity contribution in [2.24, 2.45) is 0 Å². The van der Waals surface area contributed by atoms with Crippen molar-refractivity contribution in [1.82, 2.24) is 20.0 Å². The molecule has 2 heterocycles. The number of nitrogens with zero attached hydrogens (tertiary/aromatic N) is 4. The minimum Gasteiger partial charge on any atom is -0.296 e. The normalized spacial score (nSPS) is 11.0.